The zero-order chi connectivity index (χ0) is 59.4. The normalized spacial score (nSPS) is 16.8. The molecule has 6 aromatic carbocycles. The monoisotopic (exact) mass is 1140 g/mol. The lowest BCUT2D eigenvalue weighted by Crippen LogP contribution is -2.57. The molecule has 0 aromatic heterocycles. The van der Waals surface area contributed by atoms with Gasteiger partial charge in [-0.15, -0.1) is 0 Å². The highest BCUT2D eigenvalue weighted by Gasteiger charge is 2.46. The van der Waals surface area contributed by atoms with Gasteiger partial charge in [-0.3, -0.25) is 58.0 Å². The third kappa shape index (κ3) is 10.2. The summed E-state index contributed by atoms with van der Waals surface area (Å²) < 4.78 is 143. The molecule has 0 bridgehead atoms. The molecule has 4 aliphatic rings. The molecule has 4 heterocycles. The van der Waals surface area contributed by atoms with Gasteiger partial charge < -0.3 is 24.4 Å². The van der Waals surface area contributed by atoms with Crippen LogP contribution in [-0.2, 0) is 28.8 Å². The fourth-order valence-electron chi connectivity index (χ4n) is 8.90. The van der Waals surface area contributed by atoms with Gasteiger partial charge in [-0.25, -0.2) is 35.9 Å². The van der Waals surface area contributed by atoms with Crippen molar-refractivity contribution in [1.29, 1.82) is 0 Å². The van der Waals surface area contributed by atoms with Gasteiger partial charge in [0.2, 0.25) is 75.7 Å². The molecule has 2 unspecified atom stereocenters. The zero-order valence-corrected chi connectivity index (χ0v) is 40.9. The number of carboxylic acids is 1. The summed E-state index contributed by atoms with van der Waals surface area (Å²) in [5.74, 6) is -34.3. The van der Waals surface area contributed by atoms with E-state index in [0.717, 1.165) is 25.7 Å². The van der Waals surface area contributed by atoms with E-state index in [1.807, 2.05) is 0 Å². The quantitative estimate of drug-likeness (QED) is 0.0397. The molecular formula is C52H32F10N4O15. The van der Waals surface area contributed by atoms with Crippen LogP contribution in [0.25, 0.3) is 21.5 Å². The third-order valence-electron chi connectivity index (χ3n) is 12.9. The number of aliphatic carboxylic acids is 1. The summed E-state index contributed by atoms with van der Waals surface area (Å²) in [5.41, 5.74) is 0.416. The Bertz CT molecular complexity index is 3690. The number of likely N-dealkylation sites (N-methyl/N-ethyl adjacent to an activating group) is 2. The van der Waals surface area contributed by atoms with Gasteiger partial charge in [0.15, 0.2) is 19.0 Å². The summed E-state index contributed by atoms with van der Waals surface area (Å²) in [6.07, 6.45) is -0.0529. The zero-order valence-electron chi connectivity index (χ0n) is 40.9. The number of rotatable bonds is 9. The fourth-order valence-corrected chi connectivity index (χ4v) is 8.90. The molecule has 8 amide bonds. The van der Waals surface area contributed by atoms with Crippen molar-refractivity contribution in [3.05, 3.63) is 141 Å². The smallest absolute Gasteiger partial charge is 0.349 e. The molecule has 4 aliphatic heterocycles. The Morgan fingerprint density at radius 2 is 0.864 bits per heavy atom. The molecule has 29 heteroatoms. The summed E-state index contributed by atoms with van der Waals surface area (Å²) in [4.78, 5) is 128. The number of likely N-dealkylation sites (tertiary alicyclic amines) is 2. The first kappa shape index (κ1) is 57.2. The number of carbonyl (C=O) groups is 10. The van der Waals surface area contributed by atoms with E-state index in [2.05, 4.69) is 4.74 Å². The van der Waals surface area contributed by atoms with Crippen LogP contribution >= 0.6 is 0 Å². The minimum absolute atomic E-state index is 0.0444. The SMILES string of the molecule is CN1C(=O)CCC(N2C(=O)c3cccc4cc(OCC(=O)O)cc(c34)C2=O)C1=O.CN1C(=O)CCC(N2C(=O)c3cccc4cc(OCC(=O)Oc5c(F)c(F)c(F)c(F)c5F)cc(c34)C2=O)C1=O.Oc1c(F)c(F)c(F)c(F)c1F. The van der Waals surface area contributed by atoms with E-state index in [-0.39, 0.29) is 70.7 Å². The number of esters is 1. The second kappa shape index (κ2) is 22.1. The first-order valence-electron chi connectivity index (χ1n) is 23.1. The Hall–Kier alpha value is -9.96. The summed E-state index contributed by atoms with van der Waals surface area (Å²) in [6, 6.07) is 12.4. The predicted molar refractivity (Wildman–Crippen MR) is 249 cm³/mol. The van der Waals surface area contributed by atoms with Crippen molar-refractivity contribution in [2.75, 3.05) is 27.3 Å². The maximum Gasteiger partial charge on any atom is 0.349 e. The van der Waals surface area contributed by atoms with Crippen molar-refractivity contribution in [3.63, 3.8) is 0 Å². The van der Waals surface area contributed by atoms with E-state index < -0.39 is 148 Å². The van der Waals surface area contributed by atoms with Crippen LogP contribution in [0, 0.1) is 58.2 Å². The number of ether oxygens (including phenoxy) is 3. The molecule has 19 nitrogen and oxygen atoms in total. The predicted octanol–water partition coefficient (Wildman–Crippen LogP) is 6.40. The van der Waals surface area contributed by atoms with Gasteiger partial charge in [0, 0.05) is 48.8 Å². The van der Waals surface area contributed by atoms with E-state index in [1.54, 1.807) is 24.3 Å². The molecule has 81 heavy (non-hydrogen) atoms. The minimum atomic E-state index is -2.43. The first-order chi connectivity index (χ1) is 38.2. The number of aromatic hydroxyl groups is 1. The topological polar surface area (TPSA) is 252 Å². The van der Waals surface area contributed by atoms with Crippen LogP contribution in [0.15, 0.2) is 60.7 Å². The van der Waals surface area contributed by atoms with E-state index in [9.17, 15) is 91.8 Å². The lowest BCUT2D eigenvalue weighted by atomic mass is 9.91. The van der Waals surface area contributed by atoms with Gasteiger partial charge in [0.05, 0.1) is 11.1 Å². The molecule has 0 aliphatic carbocycles. The molecule has 2 atom stereocenters. The maximum atomic E-state index is 13.8. The Labute approximate surface area is 444 Å². The number of nitrogens with zero attached hydrogens (tertiary/aromatic N) is 4. The lowest BCUT2D eigenvalue weighted by Gasteiger charge is -2.37. The summed E-state index contributed by atoms with van der Waals surface area (Å²) >= 11 is 0. The van der Waals surface area contributed by atoms with Gasteiger partial charge in [0.25, 0.3) is 35.4 Å². The molecule has 2 saturated heterocycles. The largest absolute Gasteiger partial charge is 0.503 e. The molecule has 0 radical (unpaired) electrons. The number of halogens is 10. The Morgan fingerprint density at radius 3 is 1.26 bits per heavy atom. The highest BCUT2D eigenvalue weighted by atomic mass is 19.2. The molecule has 2 N–H and O–H groups in total. The van der Waals surface area contributed by atoms with Gasteiger partial charge in [0.1, 0.15) is 23.6 Å². The first-order valence-corrected chi connectivity index (χ1v) is 23.1. The van der Waals surface area contributed by atoms with Crippen LogP contribution in [0.4, 0.5) is 43.9 Å². The molecule has 10 rings (SSSR count). The average Bonchev–Trinajstić information content (AvgIpc) is 3.40. The highest BCUT2D eigenvalue weighted by Crippen LogP contribution is 2.38. The standard InChI is InChI=1S/C26H15F5N2O7.C20H16N2O7.C6HF5O/c1-32-15(34)6-5-14(26(32)38)33-24(36)12-4-2-3-10-7-11(8-13(17(10)12)25(33)37)39-9-16(35)40-23-21(30)19(28)18(27)20(29)22(23)31;1-21-15(23)6-5-14(20(21)28)22-18(26)12-4-2-3-10-7-11(29-9-16(24)25)8-13(17(10)12)19(22)27;7-1-2(8)4(10)6(12)5(11)3(1)9/h2-4,7-8,14H,5-6,9H2,1H3;2-4,7-8,14H,5-6,9H2,1H3,(H,24,25);12H. The number of carbonyl (C=O) groups excluding carboxylic acids is 9. The molecule has 0 spiro atoms. The Kier molecular flexibility index (Phi) is 15.6. The van der Waals surface area contributed by atoms with E-state index in [1.165, 1.54) is 44.4 Å². The number of phenolic OH excluding ortho intramolecular Hbond substituents is 1. The van der Waals surface area contributed by atoms with Crippen molar-refractivity contribution < 1.29 is 116 Å². The number of phenols is 1. The molecule has 6 aromatic rings. The second-order valence-corrected chi connectivity index (χ2v) is 17.7. The molecular weight excluding hydrogens is 1110 g/mol. The van der Waals surface area contributed by atoms with Crippen molar-refractivity contribution in [2.24, 2.45) is 0 Å². The summed E-state index contributed by atoms with van der Waals surface area (Å²) in [5, 5.41) is 18.7. The van der Waals surface area contributed by atoms with Crippen LogP contribution in [0.2, 0.25) is 0 Å². The average molecular weight is 1140 g/mol. The van der Waals surface area contributed by atoms with Crippen LogP contribution in [0.5, 0.6) is 23.0 Å². The number of benzene rings is 6. The van der Waals surface area contributed by atoms with E-state index in [4.69, 9.17) is 19.7 Å². The number of hydrogen-bond donors (Lipinski definition) is 2. The summed E-state index contributed by atoms with van der Waals surface area (Å²) in [7, 11) is 2.56. The van der Waals surface area contributed by atoms with Crippen molar-refractivity contribution in [1.82, 2.24) is 19.6 Å². The maximum absolute atomic E-state index is 13.8. The number of carboxylic acid groups (broad SMARTS) is 1. The van der Waals surface area contributed by atoms with E-state index >= 15 is 0 Å². The Balaban J connectivity index is 0.000000182. The number of piperidine rings is 2. The molecule has 0 saturated carbocycles. The fraction of sp³-hybridized carbons (Fsp3) is 0.192. The molecule has 420 valence electrons. The number of hydrogen-bond acceptors (Lipinski definition) is 14. The minimum Gasteiger partial charge on any atom is -0.503 e. The van der Waals surface area contributed by atoms with Gasteiger partial charge in [-0.2, -0.15) is 17.6 Å². The summed E-state index contributed by atoms with van der Waals surface area (Å²) in [6.45, 7) is -1.66. The van der Waals surface area contributed by atoms with Crippen LogP contribution in [-0.4, -0.2) is 128 Å². The van der Waals surface area contributed by atoms with Crippen LogP contribution < -0.4 is 14.2 Å². The third-order valence-corrected chi connectivity index (χ3v) is 12.9. The van der Waals surface area contributed by atoms with Gasteiger partial charge >= 0.3 is 11.9 Å². The van der Waals surface area contributed by atoms with Gasteiger partial charge in [-0.05, 0) is 60.0 Å². The van der Waals surface area contributed by atoms with E-state index in [0.29, 0.717) is 16.2 Å². The van der Waals surface area contributed by atoms with Crippen molar-refractivity contribution in [2.45, 2.75) is 37.8 Å². The van der Waals surface area contributed by atoms with Crippen molar-refractivity contribution >= 4 is 80.7 Å². The number of amides is 8. The second-order valence-electron chi connectivity index (χ2n) is 17.7. The molecule has 2 fully saturated rings. The highest BCUT2D eigenvalue weighted by molar-refractivity contribution is 6.28. The Morgan fingerprint density at radius 1 is 0.506 bits per heavy atom. The lowest BCUT2D eigenvalue weighted by molar-refractivity contribution is -0.151. The van der Waals surface area contributed by atoms with Gasteiger partial charge in [-0.1, -0.05) is 24.3 Å². The number of imide groups is 4. The van der Waals surface area contributed by atoms with Crippen LogP contribution in [0.3, 0.4) is 0 Å². The van der Waals surface area contributed by atoms with Crippen molar-refractivity contribution in [3.8, 4) is 23.0 Å². The van der Waals surface area contributed by atoms with Crippen LogP contribution in [0.1, 0.15) is 67.1 Å².